The fourth-order valence-corrected chi connectivity index (χ4v) is 4.31. The summed E-state index contributed by atoms with van der Waals surface area (Å²) < 4.78 is 8.13. The third kappa shape index (κ3) is 5.71. The Hall–Kier alpha value is -2.94. The highest BCUT2D eigenvalue weighted by Gasteiger charge is 2.10. The van der Waals surface area contributed by atoms with Gasteiger partial charge in [-0.05, 0) is 70.0 Å². The molecule has 1 heterocycles. The van der Waals surface area contributed by atoms with Gasteiger partial charge in [-0.15, -0.1) is 0 Å². The molecule has 4 aromatic rings. The van der Waals surface area contributed by atoms with Crippen LogP contribution in [0.3, 0.4) is 0 Å². The van der Waals surface area contributed by atoms with Crippen molar-refractivity contribution in [1.29, 1.82) is 0 Å². The molecule has 0 bridgehead atoms. The number of methoxy groups -OCH3 is 1. The Labute approximate surface area is 212 Å². The van der Waals surface area contributed by atoms with Crippen molar-refractivity contribution >= 4 is 61.8 Å². The van der Waals surface area contributed by atoms with Gasteiger partial charge in [0.1, 0.15) is 11.5 Å². The van der Waals surface area contributed by atoms with Crippen LogP contribution in [0, 0.1) is 0 Å². The molecule has 3 aromatic carbocycles. The van der Waals surface area contributed by atoms with E-state index in [2.05, 4.69) is 46.9 Å². The van der Waals surface area contributed by atoms with Gasteiger partial charge in [0.15, 0.2) is 0 Å². The third-order valence-electron chi connectivity index (χ3n) is 4.63. The third-order valence-corrected chi connectivity index (χ3v) is 5.95. The highest BCUT2D eigenvalue weighted by molar-refractivity contribution is 9.11. The second kappa shape index (κ2) is 10.3. The van der Waals surface area contributed by atoms with Crippen molar-refractivity contribution in [2.45, 2.75) is 0 Å². The molecule has 1 aromatic heterocycles. The van der Waals surface area contributed by atoms with Crippen LogP contribution in [0.25, 0.3) is 11.3 Å². The summed E-state index contributed by atoms with van der Waals surface area (Å²) in [6.45, 7) is 0. The normalized spacial score (nSPS) is 11.5. The van der Waals surface area contributed by atoms with Crippen molar-refractivity contribution in [3.8, 4) is 22.8 Å². The number of hydrogen-bond acceptors (Lipinski definition) is 5. The fourth-order valence-electron chi connectivity index (χ4n) is 2.92. The van der Waals surface area contributed by atoms with Gasteiger partial charge in [-0.2, -0.15) is 5.10 Å². The number of hydrogen-bond donors (Lipinski definition) is 1. The molecule has 0 amide bonds. The zero-order valence-corrected chi connectivity index (χ0v) is 21.2. The molecule has 0 radical (unpaired) electrons. The quantitative estimate of drug-likeness (QED) is 0.245. The van der Waals surface area contributed by atoms with Crippen molar-refractivity contribution in [1.82, 2.24) is 9.66 Å². The SMILES string of the molecule is COc1ccc(C=Nn2cc(-c3ccc(Cl)cc3)nc2N=Cc2cc(Br)cc(Br)c2O)cc1. The van der Waals surface area contributed by atoms with Crippen LogP contribution in [-0.2, 0) is 0 Å². The minimum Gasteiger partial charge on any atom is -0.506 e. The number of nitrogens with zero attached hydrogens (tertiary/aromatic N) is 4. The molecule has 0 atom stereocenters. The van der Waals surface area contributed by atoms with Gasteiger partial charge in [0.2, 0.25) is 0 Å². The number of aromatic nitrogens is 2. The Morgan fingerprint density at radius 3 is 2.45 bits per heavy atom. The van der Waals surface area contributed by atoms with Gasteiger partial charge in [0, 0.05) is 26.8 Å². The lowest BCUT2D eigenvalue weighted by Crippen LogP contribution is -1.91. The Morgan fingerprint density at radius 2 is 1.76 bits per heavy atom. The molecule has 0 fully saturated rings. The maximum absolute atomic E-state index is 10.3. The summed E-state index contributed by atoms with van der Waals surface area (Å²) in [6.07, 6.45) is 5.03. The maximum Gasteiger partial charge on any atom is 0.251 e. The molecule has 4 rings (SSSR count). The first kappa shape index (κ1) is 23.2. The summed E-state index contributed by atoms with van der Waals surface area (Å²) in [5.74, 6) is 1.20. The monoisotopic (exact) mass is 586 g/mol. The molecule has 0 aliphatic carbocycles. The summed E-state index contributed by atoms with van der Waals surface area (Å²) in [6, 6.07) is 18.4. The minimum absolute atomic E-state index is 0.0831. The first-order chi connectivity index (χ1) is 15.9. The molecular formula is C24H17Br2ClN4O2. The van der Waals surface area contributed by atoms with Gasteiger partial charge < -0.3 is 9.84 Å². The molecule has 33 heavy (non-hydrogen) atoms. The van der Waals surface area contributed by atoms with Crippen LogP contribution in [0.15, 0.2) is 85.9 Å². The van der Waals surface area contributed by atoms with E-state index in [1.54, 1.807) is 48.5 Å². The first-order valence-corrected chi connectivity index (χ1v) is 11.6. The Kier molecular flexibility index (Phi) is 7.27. The van der Waals surface area contributed by atoms with E-state index in [4.69, 9.17) is 16.3 Å². The maximum atomic E-state index is 10.3. The van der Waals surface area contributed by atoms with Crippen LogP contribution in [0.5, 0.6) is 11.5 Å². The van der Waals surface area contributed by atoms with Crippen molar-refractivity contribution in [2.75, 3.05) is 7.11 Å². The number of aliphatic imine (C=N–C) groups is 1. The molecule has 0 spiro atoms. The van der Waals surface area contributed by atoms with Gasteiger partial charge in [-0.1, -0.05) is 39.7 Å². The highest BCUT2D eigenvalue weighted by Crippen LogP contribution is 2.31. The van der Waals surface area contributed by atoms with Gasteiger partial charge in [-0.25, -0.2) is 14.7 Å². The number of rotatable bonds is 6. The molecule has 0 aliphatic heterocycles. The van der Waals surface area contributed by atoms with Gasteiger partial charge in [-0.3, -0.25) is 0 Å². The van der Waals surface area contributed by atoms with Crippen LogP contribution in [-0.4, -0.2) is 34.3 Å². The summed E-state index contributed by atoms with van der Waals surface area (Å²) in [7, 11) is 1.62. The molecule has 9 heteroatoms. The molecule has 6 nitrogen and oxygen atoms in total. The second-order valence-electron chi connectivity index (χ2n) is 6.88. The fraction of sp³-hybridized carbons (Fsp3) is 0.0417. The number of imidazole rings is 1. The van der Waals surface area contributed by atoms with E-state index in [-0.39, 0.29) is 5.75 Å². The van der Waals surface area contributed by atoms with Crippen molar-refractivity contribution in [3.05, 3.63) is 92.0 Å². The summed E-state index contributed by atoms with van der Waals surface area (Å²) in [4.78, 5) is 9.11. The predicted octanol–water partition coefficient (Wildman–Crippen LogP) is 7.08. The summed E-state index contributed by atoms with van der Waals surface area (Å²) in [5, 5.41) is 15.5. The Morgan fingerprint density at radius 1 is 1.03 bits per heavy atom. The van der Waals surface area contributed by atoms with Crippen LogP contribution in [0.2, 0.25) is 5.02 Å². The van der Waals surface area contributed by atoms with Crippen LogP contribution in [0.4, 0.5) is 5.95 Å². The molecule has 0 unspecified atom stereocenters. The largest absolute Gasteiger partial charge is 0.506 e. The van der Waals surface area contributed by atoms with E-state index in [0.717, 1.165) is 21.3 Å². The lowest BCUT2D eigenvalue weighted by molar-refractivity contribution is 0.415. The first-order valence-electron chi connectivity index (χ1n) is 9.69. The van der Waals surface area contributed by atoms with E-state index in [1.165, 1.54) is 6.21 Å². The number of halogens is 3. The Bertz CT molecular complexity index is 1330. The Balaban J connectivity index is 1.72. The second-order valence-corrected chi connectivity index (χ2v) is 9.09. The van der Waals surface area contributed by atoms with Crippen LogP contribution in [0.1, 0.15) is 11.1 Å². The molecule has 166 valence electrons. The van der Waals surface area contributed by atoms with Crippen LogP contribution >= 0.6 is 43.5 Å². The number of benzene rings is 3. The van der Waals surface area contributed by atoms with E-state index >= 15 is 0 Å². The highest BCUT2D eigenvalue weighted by atomic mass is 79.9. The smallest absolute Gasteiger partial charge is 0.251 e. The molecular weight excluding hydrogens is 572 g/mol. The van der Waals surface area contributed by atoms with Crippen LogP contribution < -0.4 is 4.74 Å². The molecule has 1 N–H and O–H groups in total. The van der Waals surface area contributed by atoms with E-state index in [0.29, 0.717) is 26.7 Å². The van der Waals surface area contributed by atoms with Gasteiger partial charge in [0.25, 0.3) is 5.95 Å². The minimum atomic E-state index is 0.0831. The summed E-state index contributed by atoms with van der Waals surface area (Å²) in [5.41, 5.74) is 2.98. The summed E-state index contributed by atoms with van der Waals surface area (Å²) >= 11 is 12.8. The average Bonchev–Trinajstić information content (AvgIpc) is 3.23. The molecule has 0 saturated carbocycles. The van der Waals surface area contributed by atoms with E-state index in [1.807, 2.05) is 36.4 Å². The standard InChI is InChI=1S/C24H17Br2ClN4O2/c1-33-20-8-2-15(3-9-20)12-29-31-14-22(16-4-6-19(27)7-5-16)30-24(31)28-13-17-10-18(25)11-21(26)23(17)32/h2-14,32H,1H3. The number of phenols is 1. The number of phenolic OH excluding ortho intramolecular Hbond substituents is 1. The van der Waals surface area contributed by atoms with Gasteiger partial charge in [0.05, 0.1) is 29.7 Å². The zero-order valence-electron chi connectivity index (χ0n) is 17.3. The molecule has 0 aliphatic rings. The average molecular weight is 589 g/mol. The number of aromatic hydroxyl groups is 1. The van der Waals surface area contributed by atoms with E-state index in [9.17, 15) is 5.11 Å². The lowest BCUT2D eigenvalue weighted by atomic mass is 10.2. The van der Waals surface area contributed by atoms with Crippen molar-refractivity contribution < 1.29 is 9.84 Å². The molecule has 0 saturated heterocycles. The van der Waals surface area contributed by atoms with Gasteiger partial charge >= 0.3 is 0 Å². The zero-order chi connectivity index (χ0) is 23.4. The van der Waals surface area contributed by atoms with E-state index < -0.39 is 0 Å². The lowest BCUT2D eigenvalue weighted by Gasteiger charge is -2.03. The number of ether oxygens (including phenoxy) is 1. The topological polar surface area (TPSA) is 72.0 Å². The van der Waals surface area contributed by atoms with Crippen molar-refractivity contribution in [3.63, 3.8) is 0 Å². The van der Waals surface area contributed by atoms with Crippen molar-refractivity contribution in [2.24, 2.45) is 10.1 Å². The predicted molar refractivity (Wildman–Crippen MR) is 139 cm³/mol.